The van der Waals surface area contributed by atoms with Crippen molar-refractivity contribution in [2.24, 2.45) is 5.73 Å². The van der Waals surface area contributed by atoms with Crippen molar-refractivity contribution in [2.45, 2.75) is 6.42 Å². The lowest BCUT2D eigenvalue weighted by Crippen LogP contribution is -2.23. The number of aromatic nitrogens is 1. The number of carbonyl (C=O) groups excluding carboxylic acids is 1. The van der Waals surface area contributed by atoms with E-state index >= 15 is 0 Å². The zero-order chi connectivity index (χ0) is 12.1. The molecule has 2 heterocycles. The van der Waals surface area contributed by atoms with Crippen LogP contribution in [0, 0.1) is 0 Å². The van der Waals surface area contributed by atoms with Gasteiger partial charge in [-0.25, -0.2) is 4.98 Å². The smallest absolute Gasteiger partial charge is 0.248 e. The normalized spacial score (nSPS) is 15.2. The zero-order valence-electron chi connectivity index (χ0n) is 9.57. The molecule has 0 radical (unpaired) electrons. The van der Waals surface area contributed by atoms with Crippen LogP contribution in [-0.2, 0) is 0 Å². The second kappa shape index (κ2) is 5.45. The number of anilines is 1. The molecule has 0 saturated heterocycles. The second-order valence-electron chi connectivity index (χ2n) is 3.96. The highest BCUT2D eigenvalue weighted by Gasteiger charge is 2.05. The lowest BCUT2D eigenvalue weighted by atomic mass is 10.1. The van der Waals surface area contributed by atoms with Crippen LogP contribution >= 0.6 is 0 Å². The van der Waals surface area contributed by atoms with Crippen molar-refractivity contribution in [1.82, 2.24) is 10.3 Å². The Bertz CT molecular complexity index is 442. The van der Waals surface area contributed by atoms with Gasteiger partial charge in [0.15, 0.2) is 0 Å². The Morgan fingerprint density at radius 1 is 1.59 bits per heavy atom. The highest BCUT2D eigenvalue weighted by molar-refractivity contribution is 5.93. The van der Waals surface area contributed by atoms with E-state index in [1.54, 1.807) is 18.3 Å². The number of nitrogens with two attached hydrogens (primary N) is 1. The molecule has 0 unspecified atom stereocenters. The summed E-state index contributed by atoms with van der Waals surface area (Å²) in [5.41, 5.74) is 7.04. The predicted molar refractivity (Wildman–Crippen MR) is 66.8 cm³/mol. The minimum atomic E-state index is -0.434. The van der Waals surface area contributed by atoms with Crippen molar-refractivity contribution in [1.29, 1.82) is 0 Å². The number of nitrogens with zero attached hydrogens (tertiary/aromatic N) is 1. The molecule has 0 aromatic carbocycles. The summed E-state index contributed by atoms with van der Waals surface area (Å²) < 4.78 is 0. The Kier molecular flexibility index (Phi) is 3.72. The summed E-state index contributed by atoms with van der Waals surface area (Å²) in [5.74, 6) is 0.247. The van der Waals surface area contributed by atoms with E-state index in [2.05, 4.69) is 21.7 Å². The van der Waals surface area contributed by atoms with E-state index in [9.17, 15) is 4.79 Å². The molecule has 5 heteroatoms. The summed E-state index contributed by atoms with van der Waals surface area (Å²) in [6.45, 7) is 2.70. The van der Waals surface area contributed by atoms with E-state index in [1.165, 1.54) is 5.57 Å². The Labute approximate surface area is 100 Å². The maximum atomic E-state index is 11.0. The van der Waals surface area contributed by atoms with Crippen LogP contribution in [0.1, 0.15) is 16.8 Å². The first-order chi connectivity index (χ1) is 8.25. The Morgan fingerprint density at radius 2 is 2.47 bits per heavy atom. The molecule has 1 amide bonds. The van der Waals surface area contributed by atoms with Crippen LogP contribution in [0.5, 0.6) is 0 Å². The van der Waals surface area contributed by atoms with E-state index in [4.69, 9.17) is 5.73 Å². The molecule has 1 aliphatic heterocycles. The van der Waals surface area contributed by atoms with E-state index < -0.39 is 5.91 Å². The monoisotopic (exact) mass is 232 g/mol. The first kappa shape index (κ1) is 11.6. The van der Waals surface area contributed by atoms with Crippen molar-refractivity contribution in [2.75, 3.05) is 25.0 Å². The third kappa shape index (κ3) is 3.29. The summed E-state index contributed by atoms with van der Waals surface area (Å²) in [5, 5.41) is 6.45. The number of primary amides is 1. The van der Waals surface area contributed by atoms with Gasteiger partial charge in [0.2, 0.25) is 5.91 Å². The molecule has 0 atom stereocenters. The summed E-state index contributed by atoms with van der Waals surface area (Å²) in [7, 11) is 0. The predicted octanol–water partition coefficient (Wildman–Crippen LogP) is 0.512. The number of nitrogens with one attached hydrogen (secondary N) is 2. The summed E-state index contributed by atoms with van der Waals surface area (Å²) in [4.78, 5) is 15.2. The fourth-order valence-electron chi connectivity index (χ4n) is 1.71. The Hall–Kier alpha value is -1.88. The topological polar surface area (TPSA) is 80.0 Å². The van der Waals surface area contributed by atoms with Gasteiger partial charge >= 0.3 is 0 Å². The van der Waals surface area contributed by atoms with Crippen LogP contribution < -0.4 is 16.4 Å². The number of amides is 1. The molecule has 1 aromatic heterocycles. The molecular formula is C12H16N4O. The van der Waals surface area contributed by atoms with E-state index in [-0.39, 0.29) is 0 Å². The van der Waals surface area contributed by atoms with Gasteiger partial charge in [0.1, 0.15) is 5.82 Å². The molecule has 0 fully saturated rings. The fraction of sp³-hybridized carbons (Fsp3) is 0.333. The molecular weight excluding hydrogens is 216 g/mol. The van der Waals surface area contributed by atoms with Crippen LogP contribution in [0.2, 0.25) is 0 Å². The number of rotatable bonds is 4. The van der Waals surface area contributed by atoms with E-state index in [0.29, 0.717) is 11.4 Å². The van der Waals surface area contributed by atoms with Crippen molar-refractivity contribution in [3.8, 4) is 0 Å². The third-order valence-electron chi connectivity index (χ3n) is 2.70. The maximum Gasteiger partial charge on any atom is 0.248 e. The van der Waals surface area contributed by atoms with E-state index in [1.807, 2.05) is 0 Å². The fourth-order valence-corrected chi connectivity index (χ4v) is 1.71. The van der Waals surface area contributed by atoms with Gasteiger partial charge < -0.3 is 16.4 Å². The minimum Gasteiger partial charge on any atom is -0.366 e. The van der Waals surface area contributed by atoms with Gasteiger partial charge in [-0.2, -0.15) is 0 Å². The largest absolute Gasteiger partial charge is 0.366 e. The Morgan fingerprint density at radius 3 is 3.18 bits per heavy atom. The van der Waals surface area contributed by atoms with Gasteiger partial charge in [-0.1, -0.05) is 11.6 Å². The molecule has 0 aliphatic carbocycles. The van der Waals surface area contributed by atoms with Crippen molar-refractivity contribution >= 4 is 11.7 Å². The molecule has 2 rings (SSSR count). The first-order valence-corrected chi connectivity index (χ1v) is 5.64. The average molecular weight is 232 g/mol. The van der Waals surface area contributed by atoms with Crippen LogP contribution in [-0.4, -0.2) is 30.5 Å². The average Bonchev–Trinajstić information content (AvgIpc) is 2.38. The highest BCUT2D eigenvalue weighted by atomic mass is 16.1. The van der Waals surface area contributed by atoms with Gasteiger partial charge in [0.25, 0.3) is 0 Å². The van der Waals surface area contributed by atoms with Gasteiger partial charge in [-0.05, 0) is 25.1 Å². The van der Waals surface area contributed by atoms with Crippen molar-refractivity contribution in [3.63, 3.8) is 0 Å². The molecule has 0 spiro atoms. The Balaban J connectivity index is 1.96. The summed E-state index contributed by atoms with van der Waals surface area (Å²) in [6, 6.07) is 3.28. The molecule has 17 heavy (non-hydrogen) atoms. The van der Waals surface area contributed by atoms with Crippen LogP contribution in [0.25, 0.3) is 0 Å². The van der Waals surface area contributed by atoms with Crippen LogP contribution in [0.3, 0.4) is 0 Å². The maximum absolute atomic E-state index is 11.0. The lowest BCUT2D eigenvalue weighted by Gasteiger charge is -2.14. The minimum absolute atomic E-state index is 0.434. The molecule has 5 nitrogen and oxygen atoms in total. The number of hydrogen-bond donors (Lipinski definition) is 3. The molecule has 1 aliphatic rings. The molecule has 4 N–H and O–H groups in total. The SMILES string of the molecule is NC(=O)c1ccnc(NCC2=CCNCC2)c1. The second-order valence-corrected chi connectivity index (χ2v) is 3.96. The molecule has 0 saturated carbocycles. The highest BCUT2D eigenvalue weighted by Crippen LogP contribution is 2.09. The van der Waals surface area contributed by atoms with Crippen molar-refractivity contribution in [3.05, 3.63) is 35.5 Å². The number of pyridine rings is 1. The zero-order valence-corrected chi connectivity index (χ0v) is 9.57. The lowest BCUT2D eigenvalue weighted by molar-refractivity contribution is 0.1000. The number of hydrogen-bond acceptors (Lipinski definition) is 4. The molecule has 1 aromatic rings. The summed E-state index contributed by atoms with van der Waals surface area (Å²) in [6.07, 6.45) is 4.80. The summed E-state index contributed by atoms with van der Waals surface area (Å²) >= 11 is 0. The molecule has 0 bridgehead atoms. The van der Waals surface area contributed by atoms with Crippen LogP contribution in [0.4, 0.5) is 5.82 Å². The first-order valence-electron chi connectivity index (χ1n) is 5.64. The van der Waals surface area contributed by atoms with Gasteiger partial charge in [0.05, 0.1) is 0 Å². The van der Waals surface area contributed by atoms with Gasteiger partial charge in [-0.15, -0.1) is 0 Å². The van der Waals surface area contributed by atoms with Crippen molar-refractivity contribution < 1.29 is 4.79 Å². The molecule has 90 valence electrons. The number of carbonyl (C=O) groups is 1. The van der Waals surface area contributed by atoms with Gasteiger partial charge in [0, 0.05) is 24.8 Å². The quantitative estimate of drug-likeness (QED) is 0.661. The van der Waals surface area contributed by atoms with E-state index in [0.717, 1.165) is 26.1 Å². The van der Waals surface area contributed by atoms with Gasteiger partial charge in [-0.3, -0.25) is 4.79 Å². The standard InChI is InChI=1S/C12H16N4O/c13-12(17)10-3-6-15-11(7-10)16-8-9-1-4-14-5-2-9/h1,3,6-7,14H,2,4-5,8H2,(H2,13,17)(H,15,16). The third-order valence-corrected chi connectivity index (χ3v) is 2.70. The van der Waals surface area contributed by atoms with Crippen LogP contribution in [0.15, 0.2) is 30.0 Å².